The fourth-order valence-corrected chi connectivity index (χ4v) is 10.7. The molecule has 2 heteroatoms. The van der Waals surface area contributed by atoms with Crippen LogP contribution in [0.5, 0.6) is 0 Å². The van der Waals surface area contributed by atoms with Crippen molar-refractivity contribution in [3.05, 3.63) is 0 Å². The van der Waals surface area contributed by atoms with Crippen LogP contribution in [0.2, 0.25) is 0 Å². The second-order valence-electron chi connectivity index (χ2n) is 14.7. The van der Waals surface area contributed by atoms with Gasteiger partial charge in [-0.15, -0.1) is 0 Å². The monoisotopic (exact) mass is 458 g/mol. The van der Waals surface area contributed by atoms with Gasteiger partial charge in [0.2, 0.25) is 0 Å². The Balaban J connectivity index is 1.33. The quantitative estimate of drug-likeness (QED) is 0.412. The topological polar surface area (TPSA) is 18.5 Å². The molecule has 10 atom stereocenters. The van der Waals surface area contributed by atoms with Crippen molar-refractivity contribution in [3.8, 4) is 0 Å². The second kappa shape index (κ2) is 8.50. The summed E-state index contributed by atoms with van der Waals surface area (Å²) in [7, 11) is 0. The molecule has 1 heterocycles. The lowest BCUT2D eigenvalue weighted by Gasteiger charge is -2.66. The van der Waals surface area contributed by atoms with E-state index in [-0.39, 0.29) is 11.2 Å². The summed E-state index contributed by atoms with van der Waals surface area (Å²) in [6, 6.07) is 0. The maximum absolute atomic E-state index is 6.55. The molecule has 4 aliphatic carbocycles. The summed E-state index contributed by atoms with van der Waals surface area (Å²) in [5.41, 5.74) is 0.830. The van der Waals surface area contributed by atoms with Gasteiger partial charge in [-0.1, -0.05) is 53.9 Å². The summed E-state index contributed by atoms with van der Waals surface area (Å²) in [4.78, 5) is 0. The van der Waals surface area contributed by atoms with Crippen LogP contribution in [0.3, 0.4) is 0 Å². The van der Waals surface area contributed by atoms with Crippen LogP contribution >= 0.6 is 0 Å². The van der Waals surface area contributed by atoms with Gasteiger partial charge in [0.15, 0.2) is 0 Å². The van der Waals surface area contributed by atoms with Crippen molar-refractivity contribution >= 4 is 0 Å². The number of fused-ring (bicyclic) bond motifs is 6. The van der Waals surface area contributed by atoms with E-state index in [1.165, 1.54) is 70.6 Å². The molecule has 0 radical (unpaired) electrons. The highest BCUT2D eigenvalue weighted by atomic mass is 16.6. The van der Waals surface area contributed by atoms with E-state index >= 15 is 0 Å². The van der Waals surface area contributed by atoms with Gasteiger partial charge < -0.3 is 9.47 Å². The lowest BCUT2D eigenvalue weighted by Crippen LogP contribution is -2.67. The average molecular weight is 459 g/mol. The molecule has 0 aromatic rings. The molecule has 0 unspecified atom stereocenters. The molecular weight excluding hydrogens is 404 g/mol. The molecule has 0 N–H and O–H groups in total. The number of hydrogen-bond acceptors (Lipinski definition) is 2. The highest BCUT2D eigenvalue weighted by Crippen LogP contribution is 2.70. The third-order valence-corrected chi connectivity index (χ3v) is 12.7. The zero-order valence-electron chi connectivity index (χ0n) is 23.1. The fourth-order valence-electron chi connectivity index (χ4n) is 10.7. The zero-order chi connectivity index (χ0) is 23.6. The fraction of sp³-hybridized carbons (Fsp3) is 1.00. The van der Waals surface area contributed by atoms with Gasteiger partial charge in [-0.2, -0.15) is 0 Å². The maximum atomic E-state index is 6.55. The Bertz CT molecular complexity index is 718. The van der Waals surface area contributed by atoms with Crippen LogP contribution in [-0.4, -0.2) is 24.4 Å². The minimum absolute atomic E-state index is 0.0880. The van der Waals surface area contributed by atoms with E-state index in [4.69, 9.17) is 9.47 Å². The van der Waals surface area contributed by atoms with Gasteiger partial charge in [-0.05, 0) is 117 Å². The van der Waals surface area contributed by atoms with Gasteiger partial charge in [0.25, 0.3) is 0 Å². The molecule has 1 aliphatic heterocycles. The first kappa shape index (κ1) is 24.6. The Hall–Kier alpha value is -0.0800. The molecule has 2 nitrogen and oxygen atoms in total. The van der Waals surface area contributed by atoms with Gasteiger partial charge in [0.1, 0.15) is 0 Å². The summed E-state index contributed by atoms with van der Waals surface area (Å²) in [5.74, 6) is 6.36. The van der Waals surface area contributed by atoms with Crippen molar-refractivity contribution in [1.82, 2.24) is 0 Å². The van der Waals surface area contributed by atoms with Crippen molar-refractivity contribution in [2.75, 3.05) is 13.2 Å². The Kier molecular flexibility index (Phi) is 6.34. The Labute approximate surface area is 205 Å². The smallest absolute Gasteiger partial charge is 0.0946 e. The molecule has 0 aromatic carbocycles. The van der Waals surface area contributed by atoms with Crippen LogP contribution in [0.15, 0.2) is 0 Å². The average Bonchev–Trinajstić information content (AvgIpc) is 3.09. The Morgan fingerprint density at radius 1 is 0.758 bits per heavy atom. The van der Waals surface area contributed by atoms with Crippen molar-refractivity contribution in [2.24, 2.45) is 52.3 Å². The summed E-state index contributed by atoms with van der Waals surface area (Å²) >= 11 is 0. The summed E-state index contributed by atoms with van der Waals surface area (Å²) in [6.07, 6.45) is 15.6. The van der Waals surface area contributed by atoms with Crippen LogP contribution in [-0.2, 0) is 9.47 Å². The molecular formula is C31H54O2. The predicted octanol–water partition coefficient (Wildman–Crippen LogP) is 8.28. The van der Waals surface area contributed by atoms with E-state index in [2.05, 4.69) is 48.5 Å². The Morgan fingerprint density at radius 2 is 1.45 bits per heavy atom. The van der Waals surface area contributed by atoms with E-state index in [0.717, 1.165) is 54.6 Å². The number of rotatable bonds is 5. The molecule has 0 aromatic heterocycles. The number of hydrogen-bond donors (Lipinski definition) is 0. The standard InChI is InChI=1S/C31H54O2/c1-21(2)9-8-10-22(3)25-13-14-26-24-12-11-23-19-30(6)31(7,33-18-17-32-30)20-29(23,5)27(24)15-16-28(25,26)4/h21-27H,8-20H2,1-7H3/t22-,23+,24+,25-,26+,27+,28-,29+,30+,31-/m1/s1. The molecule has 5 aliphatic rings. The zero-order valence-corrected chi connectivity index (χ0v) is 23.1. The van der Waals surface area contributed by atoms with Crippen LogP contribution in [0.4, 0.5) is 0 Å². The summed E-state index contributed by atoms with van der Waals surface area (Å²) in [6.45, 7) is 19.1. The molecule has 190 valence electrons. The molecule has 0 spiro atoms. The Morgan fingerprint density at radius 3 is 2.18 bits per heavy atom. The summed E-state index contributed by atoms with van der Waals surface area (Å²) in [5, 5.41) is 0. The molecule has 0 amide bonds. The van der Waals surface area contributed by atoms with Gasteiger partial charge in [0, 0.05) is 0 Å². The minimum Gasteiger partial charge on any atom is -0.370 e. The van der Waals surface area contributed by atoms with Crippen LogP contribution in [0.1, 0.15) is 119 Å². The largest absolute Gasteiger partial charge is 0.370 e. The van der Waals surface area contributed by atoms with E-state index in [9.17, 15) is 0 Å². The summed E-state index contributed by atoms with van der Waals surface area (Å²) < 4.78 is 13.0. The van der Waals surface area contributed by atoms with Crippen LogP contribution in [0, 0.1) is 52.3 Å². The van der Waals surface area contributed by atoms with Gasteiger partial charge in [-0.3, -0.25) is 0 Å². The van der Waals surface area contributed by atoms with Gasteiger partial charge >= 0.3 is 0 Å². The van der Waals surface area contributed by atoms with E-state index in [0.29, 0.717) is 10.8 Å². The lowest BCUT2D eigenvalue weighted by molar-refractivity contribution is -0.300. The van der Waals surface area contributed by atoms with Crippen molar-refractivity contribution in [3.63, 3.8) is 0 Å². The highest BCUT2D eigenvalue weighted by molar-refractivity contribution is 5.16. The van der Waals surface area contributed by atoms with Gasteiger partial charge in [-0.25, -0.2) is 0 Å². The number of ether oxygens (including phenoxy) is 2. The third kappa shape index (κ3) is 3.78. The van der Waals surface area contributed by atoms with E-state index in [1.807, 2.05) is 0 Å². The first-order valence-corrected chi connectivity index (χ1v) is 14.8. The minimum atomic E-state index is -0.109. The molecule has 0 bridgehead atoms. The van der Waals surface area contributed by atoms with E-state index in [1.54, 1.807) is 0 Å². The van der Waals surface area contributed by atoms with Crippen molar-refractivity contribution in [2.45, 2.75) is 130 Å². The van der Waals surface area contributed by atoms with Crippen LogP contribution < -0.4 is 0 Å². The molecule has 5 fully saturated rings. The van der Waals surface area contributed by atoms with Crippen molar-refractivity contribution in [1.29, 1.82) is 0 Å². The second-order valence-corrected chi connectivity index (χ2v) is 14.7. The molecule has 5 rings (SSSR count). The van der Waals surface area contributed by atoms with Crippen LogP contribution in [0.25, 0.3) is 0 Å². The first-order chi connectivity index (χ1) is 15.5. The lowest BCUT2D eigenvalue weighted by atomic mass is 9.42. The molecule has 33 heavy (non-hydrogen) atoms. The highest BCUT2D eigenvalue weighted by Gasteiger charge is 2.66. The molecule has 1 saturated heterocycles. The van der Waals surface area contributed by atoms with E-state index < -0.39 is 0 Å². The molecule has 4 saturated carbocycles. The van der Waals surface area contributed by atoms with Crippen molar-refractivity contribution < 1.29 is 9.47 Å². The normalized spacial score (nSPS) is 52.5. The predicted molar refractivity (Wildman–Crippen MR) is 137 cm³/mol. The maximum Gasteiger partial charge on any atom is 0.0946 e. The SMILES string of the molecule is CC(C)CCC[C@@H](C)[C@H]1CC[C@H]2[C@@H]3CC[C@H]4C[C@]5(C)OCCO[C@]5(C)C[C@]4(C)[C@H]3CC[C@]12C. The van der Waals surface area contributed by atoms with Gasteiger partial charge in [0.05, 0.1) is 24.4 Å². The third-order valence-electron chi connectivity index (χ3n) is 12.7. The first-order valence-electron chi connectivity index (χ1n) is 14.8.